The minimum atomic E-state index is -0.492. The number of hydrogen-bond donors (Lipinski definition) is 0. The molecule has 12 heavy (non-hydrogen) atoms. The highest BCUT2D eigenvalue weighted by molar-refractivity contribution is 9.09. The Balaban J connectivity index is 4.08. The standard InChI is InChI=1S/C9H17Br2O/c1-5(7(3)10)9(12)6(2)8(4)11/h5-9H,1-4H3. The van der Waals surface area contributed by atoms with Crippen LogP contribution in [0.4, 0.5) is 0 Å². The normalized spacial score (nSPS) is 24.2. The molecule has 0 aromatic heterocycles. The van der Waals surface area contributed by atoms with Gasteiger partial charge in [-0.15, -0.1) is 0 Å². The van der Waals surface area contributed by atoms with Gasteiger partial charge in [-0.25, -0.2) is 5.11 Å². The van der Waals surface area contributed by atoms with E-state index < -0.39 is 6.10 Å². The van der Waals surface area contributed by atoms with Crippen LogP contribution in [0.25, 0.3) is 0 Å². The lowest BCUT2D eigenvalue weighted by Gasteiger charge is -2.26. The molecule has 3 heteroatoms. The van der Waals surface area contributed by atoms with Crippen LogP contribution in [0, 0.1) is 11.8 Å². The second-order valence-corrected chi connectivity index (χ2v) is 6.43. The van der Waals surface area contributed by atoms with Gasteiger partial charge in [0.05, 0.1) is 0 Å². The van der Waals surface area contributed by atoms with Crippen LogP contribution in [0.1, 0.15) is 27.7 Å². The van der Waals surface area contributed by atoms with Crippen LogP contribution in [-0.4, -0.2) is 15.8 Å². The summed E-state index contributed by atoms with van der Waals surface area (Å²) in [5.74, 6) is 0.361. The second-order valence-electron chi connectivity index (χ2n) is 3.54. The maximum Gasteiger partial charge on any atom is 0.100 e. The van der Waals surface area contributed by atoms with Crippen LogP contribution in [0.3, 0.4) is 0 Å². The molecule has 1 radical (unpaired) electrons. The molecule has 0 aromatic carbocycles. The van der Waals surface area contributed by atoms with Crippen molar-refractivity contribution in [3.63, 3.8) is 0 Å². The Labute approximate surface area is 92.2 Å². The molecule has 0 heterocycles. The molecular formula is C9H17Br2O. The molecule has 0 saturated carbocycles. The summed E-state index contributed by atoms with van der Waals surface area (Å²) in [6.45, 7) is 8.06. The number of alkyl halides is 2. The van der Waals surface area contributed by atoms with Crippen molar-refractivity contribution in [1.29, 1.82) is 0 Å². The zero-order valence-corrected chi connectivity index (χ0v) is 11.2. The molecular weight excluding hydrogens is 284 g/mol. The summed E-state index contributed by atoms with van der Waals surface area (Å²) in [5, 5.41) is 11.7. The fourth-order valence-electron chi connectivity index (χ4n) is 1.00. The van der Waals surface area contributed by atoms with Crippen molar-refractivity contribution in [1.82, 2.24) is 0 Å². The van der Waals surface area contributed by atoms with E-state index in [-0.39, 0.29) is 11.8 Å². The van der Waals surface area contributed by atoms with E-state index >= 15 is 0 Å². The molecule has 0 aliphatic rings. The Bertz CT molecular complexity index is 112. The quantitative estimate of drug-likeness (QED) is 0.707. The van der Waals surface area contributed by atoms with Gasteiger partial charge in [-0.3, -0.25) is 0 Å². The Morgan fingerprint density at radius 1 is 0.833 bits per heavy atom. The van der Waals surface area contributed by atoms with E-state index in [2.05, 4.69) is 31.9 Å². The van der Waals surface area contributed by atoms with Crippen molar-refractivity contribution in [2.75, 3.05) is 0 Å². The highest BCUT2D eigenvalue weighted by atomic mass is 79.9. The van der Waals surface area contributed by atoms with Crippen LogP contribution in [0.5, 0.6) is 0 Å². The Hall–Kier alpha value is 0.920. The van der Waals surface area contributed by atoms with E-state index in [9.17, 15) is 5.11 Å². The molecule has 0 N–H and O–H groups in total. The van der Waals surface area contributed by atoms with Gasteiger partial charge in [-0.1, -0.05) is 59.6 Å². The van der Waals surface area contributed by atoms with E-state index in [1.165, 1.54) is 0 Å². The molecule has 0 amide bonds. The first-order valence-corrected chi connectivity index (χ1v) is 6.15. The highest BCUT2D eigenvalue weighted by Gasteiger charge is 2.28. The zero-order chi connectivity index (χ0) is 9.89. The van der Waals surface area contributed by atoms with Crippen LogP contribution < -0.4 is 0 Å². The minimum Gasteiger partial charge on any atom is -0.232 e. The van der Waals surface area contributed by atoms with Crippen molar-refractivity contribution in [3.8, 4) is 0 Å². The highest BCUT2D eigenvalue weighted by Crippen LogP contribution is 2.26. The van der Waals surface area contributed by atoms with Gasteiger partial charge in [0.1, 0.15) is 6.10 Å². The van der Waals surface area contributed by atoms with Gasteiger partial charge in [-0.05, 0) is 11.8 Å². The molecule has 4 unspecified atom stereocenters. The Morgan fingerprint density at radius 2 is 1.08 bits per heavy atom. The topological polar surface area (TPSA) is 19.9 Å². The van der Waals surface area contributed by atoms with Gasteiger partial charge in [0.2, 0.25) is 0 Å². The predicted molar refractivity (Wildman–Crippen MR) is 59.6 cm³/mol. The summed E-state index contributed by atoms with van der Waals surface area (Å²) in [4.78, 5) is 0.599. The summed E-state index contributed by atoms with van der Waals surface area (Å²) in [6, 6.07) is 0. The predicted octanol–water partition coefficient (Wildman–Crippen LogP) is 3.62. The first-order valence-electron chi connectivity index (χ1n) is 4.31. The minimum absolute atomic E-state index is 0.181. The third-order valence-corrected chi connectivity index (χ3v) is 4.15. The van der Waals surface area contributed by atoms with E-state index in [1.54, 1.807) is 0 Å². The maximum absolute atomic E-state index is 11.7. The van der Waals surface area contributed by atoms with Gasteiger partial charge in [0, 0.05) is 9.65 Å². The van der Waals surface area contributed by atoms with Gasteiger partial charge in [0.15, 0.2) is 0 Å². The SMILES string of the molecule is CC(Br)C(C)C([O])C(C)C(C)Br. The molecule has 0 aromatic rings. The molecule has 0 aliphatic heterocycles. The van der Waals surface area contributed by atoms with Gasteiger partial charge >= 0.3 is 0 Å². The second kappa shape index (κ2) is 5.61. The zero-order valence-electron chi connectivity index (χ0n) is 8.05. The Kier molecular flexibility index (Phi) is 6.04. The smallest absolute Gasteiger partial charge is 0.100 e. The largest absolute Gasteiger partial charge is 0.232 e. The molecule has 0 fully saturated rings. The molecule has 0 spiro atoms. The average Bonchev–Trinajstić information content (AvgIpc) is 2.00. The molecule has 73 valence electrons. The lowest BCUT2D eigenvalue weighted by Crippen LogP contribution is -2.32. The van der Waals surface area contributed by atoms with Crippen molar-refractivity contribution >= 4 is 31.9 Å². The number of halogens is 2. The lowest BCUT2D eigenvalue weighted by atomic mass is 9.90. The average molecular weight is 301 g/mol. The van der Waals surface area contributed by atoms with Crippen molar-refractivity contribution in [2.24, 2.45) is 11.8 Å². The fraction of sp³-hybridized carbons (Fsp3) is 1.00. The third kappa shape index (κ3) is 3.75. The van der Waals surface area contributed by atoms with Crippen LogP contribution in [0.15, 0.2) is 0 Å². The molecule has 0 rings (SSSR count). The summed E-state index contributed by atoms with van der Waals surface area (Å²) in [6.07, 6.45) is -0.492. The van der Waals surface area contributed by atoms with E-state index in [0.717, 1.165) is 0 Å². The van der Waals surface area contributed by atoms with E-state index in [1.807, 2.05) is 27.7 Å². The lowest BCUT2D eigenvalue weighted by molar-refractivity contribution is 0.00340. The monoisotopic (exact) mass is 299 g/mol. The van der Waals surface area contributed by atoms with Crippen LogP contribution in [0.2, 0.25) is 0 Å². The van der Waals surface area contributed by atoms with E-state index in [4.69, 9.17) is 0 Å². The van der Waals surface area contributed by atoms with Gasteiger partial charge in [-0.2, -0.15) is 0 Å². The summed E-state index contributed by atoms with van der Waals surface area (Å²) in [7, 11) is 0. The van der Waals surface area contributed by atoms with Crippen molar-refractivity contribution in [3.05, 3.63) is 0 Å². The molecule has 0 saturated heterocycles. The van der Waals surface area contributed by atoms with Crippen LogP contribution in [-0.2, 0) is 5.11 Å². The first-order chi connectivity index (χ1) is 5.37. The molecule has 1 nitrogen and oxygen atoms in total. The molecule has 0 aliphatic carbocycles. The number of rotatable bonds is 4. The Morgan fingerprint density at radius 3 is 1.25 bits per heavy atom. The molecule has 0 bridgehead atoms. The summed E-state index contributed by atoms with van der Waals surface area (Å²) < 4.78 is 0. The third-order valence-electron chi connectivity index (χ3n) is 2.49. The van der Waals surface area contributed by atoms with Crippen molar-refractivity contribution in [2.45, 2.75) is 43.5 Å². The maximum atomic E-state index is 11.7. The fourth-order valence-corrected chi connectivity index (χ4v) is 1.60. The van der Waals surface area contributed by atoms with Gasteiger partial charge in [0.25, 0.3) is 0 Å². The van der Waals surface area contributed by atoms with Gasteiger partial charge < -0.3 is 0 Å². The number of hydrogen-bond acceptors (Lipinski definition) is 0. The van der Waals surface area contributed by atoms with Crippen LogP contribution >= 0.6 is 31.9 Å². The van der Waals surface area contributed by atoms with E-state index in [0.29, 0.717) is 9.65 Å². The first kappa shape index (κ1) is 12.9. The summed E-state index contributed by atoms with van der Waals surface area (Å²) >= 11 is 6.88. The summed E-state index contributed by atoms with van der Waals surface area (Å²) in [5.41, 5.74) is 0. The van der Waals surface area contributed by atoms with Crippen molar-refractivity contribution < 1.29 is 5.11 Å². The molecule has 4 atom stereocenters.